The number of rotatable bonds is 0. The first-order chi connectivity index (χ1) is 7.97. The minimum absolute atomic E-state index is 0.452. The van der Waals surface area contributed by atoms with E-state index in [9.17, 15) is 0 Å². The quantitative estimate of drug-likeness (QED) is 0.682. The van der Waals surface area contributed by atoms with E-state index in [0.29, 0.717) is 0 Å². The van der Waals surface area contributed by atoms with Crippen molar-refractivity contribution in [3.63, 3.8) is 0 Å². The number of fused-ring (bicyclic) bond motifs is 1. The summed E-state index contributed by atoms with van der Waals surface area (Å²) in [6, 6.07) is 12.5. The smallest absolute Gasteiger partial charge is 0.0722 e. The van der Waals surface area contributed by atoms with Gasteiger partial charge in [0.15, 0.2) is 0 Å². The summed E-state index contributed by atoms with van der Waals surface area (Å²) in [5.74, 6) is 6.26. The van der Waals surface area contributed by atoms with Crippen molar-refractivity contribution < 1.29 is 0 Å². The first kappa shape index (κ1) is 11.7. The molecule has 0 aliphatic carbocycles. The molecule has 0 amide bonds. The van der Waals surface area contributed by atoms with Gasteiger partial charge in [-0.2, -0.15) is 0 Å². The molecule has 2 aromatic rings. The Morgan fingerprint density at radius 1 is 1.00 bits per heavy atom. The van der Waals surface area contributed by atoms with Crippen LogP contribution in [0.1, 0.15) is 25.0 Å². The highest BCUT2D eigenvalue weighted by Gasteiger charge is 2.05. The summed E-state index contributed by atoms with van der Waals surface area (Å²) in [4.78, 5) is 0. The fourth-order valence-electron chi connectivity index (χ4n) is 1.79. The van der Waals surface area contributed by atoms with E-state index in [2.05, 4.69) is 49.1 Å². The molecule has 17 heavy (non-hydrogen) atoms. The van der Waals surface area contributed by atoms with E-state index in [4.69, 9.17) is 5.73 Å². The van der Waals surface area contributed by atoms with Crippen LogP contribution in [0.25, 0.3) is 10.8 Å². The van der Waals surface area contributed by atoms with E-state index in [-0.39, 0.29) is 0 Å². The monoisotopic (exact) mass is 223 g/mol. The Morgan fingerprint density at radius 3 is 2.29 bits per heavy atom. The molecule has 86 valence electrons. The molecule has 0 saturated heterocycles. The summed E-state index contributed by atoms with van der Waals surface area (Å²) in [6.07, 6.45) is 0. The molecular weight excluding hydrogens is 206 g/mol. The Bertz CT molecular complexity index is 607. The van der Waals surface area contributed by atoms with E-state index >= 15 is 0 Å². The summed E-state index contributed by atoms with van der Waals surface area (Å²) in [5, 5.41) is 2.46. The summed E-state index contributed by atoms with van der Waals surface area (Å²) >= 11 is 0. The minimum Gasteiger partial charge on any atom is -0.316 e. The zero-order chi connectivity index (χ0) is 12.5. The molecule has 0 fully saturated rings. The highest BCUT2D eigenvalue weighted by atomic mass is 14.7. The van der Waals surface area contributed by atoms with Crippen molar-refractivity contribution in [2.75, 3.05) is 0 Å². The lowest BCUT2D eigenvalue weighted by Gasteiger charge is -2.08. The van der Waals surface area contributed by atoms with Gasteiger partial charge in [0.1, 0.15) is 0 Å². The Morgan fingerprint density at radius 2 is 1.65 bits per heavy atom. The second-order valence-electron chi connectivity index (χ2n) is 4.95. The SMILES string of the molecule is Cc1ccc(C#CC(C)(C)N)c2ccccc12. The van der Waals surface area contributed by atoms with Crippen LogP contribution >= 0.6 is 0 Å². The van der Waals surface area contributed by atoms with Crippen LogP contribution in [0.2, 0.25) is 0 Å². The van der Waals surface area contributed by atoms with Gasteiger partial charge in [-0.05, 0) is 43.2 Å². The maximum Gasteiger partial charge on any atom is 0.0722 e. The molecule has 0 bridgehead atoms. The third-order valence-corrected chi connectivity index (χ3v) is 2.66. The third-order valence-electron chi connectivity index (χ3n) is 2.66. The molecule has 0 aliphatic heterocycles. The molecule has 0 spiro atoms. The maximum atomic E-state index is 5.88. The largest absolute Gasteiger partial charge is 0.316 e. The molecular formula is C16H17N. The predicted molar refractivity (Wildman–Crippen MR) is 73.8 cm³/mol. The van der Waals surface area contributed by atoms with Crippen LogP contribution in [-0.2, 0) is 0 Å². The Kier molecular flexibility index (Phi) is 2.92. The normalized spacial score (nSPS) is 11.1. The van der Waals surface area contributed by atoms with Gasteiger partial charge in [0.25, 0.3) is 0 Å². The van der Waals surface area contributed by atoms with Crippen molar-refractivity contribution in [3.05, 3.63) is 47.5 Å². The van der Waals surface area contributed by atoms with E-state index in [1.54, 1.807) is 0 Å². The molecule has 0 aliphatic rings. The zero-order valence-corrected chi connectivity index (χ0v) is 10.5. The summed E-state index contributed by atoms with van der Waals surface area (Å²) in [7, 11) is 0. The Labute approximate surface area is 103 Å². The first-order valence-electron chi connectivity index (χ1n) is 5.78. The standard InChI is InChI=1S/C16H17N/c1-12-8-9-13(10-11-16(2,3)17)15-7-5-4-6-14(12)15/h4-9H,17H2,1-3H3. The van der Waals surface area contributed by atoms with Crippen LogP contribution in [0.4, 0.5) is 0 Å². The highest BCUT2D eigenvalue weighted by molar-refractivity contribution is 5.90. The molecule has 0 saturated carbocycles. The second kappa shape index (κ2) is 4.24. The van der Waals surface area contributed by atoms with Crippen LogP contribution in [0.3, 0.4) is 0 Å². The average molecular weight is 223 g/mol. The van der Waals surface area contributed by atoms with E-state index in [0.717, 1.165) is 5.56 Å². The van der Waals surface area contributed by atoms with Gasteiger partial charge in [-0.25, -0.2) is 0 Å². The van der Waals surface area contributed by atoms with Gasteiger partial charge in [-0.3, -0.25) is 0 Å². The van der Waals surface area contributed by atoms with Gasteiger partial charge in [0.2, 0.25) is 0 Å². The lowest BCUT2D eigenvalue weighted by Crippen LogP contribution is -2.29. The fourth-order valence-corrected chi connectivity index (χ4v) is 1.79. The molecule has 0 atom stereocenters. The van der Waals surface area contributed by atoms with E-state index in [1.807, 2.05) is 19.9 Å². The van der Waals surface area contributed by atoms with Gasteiger partial charge < -0.3 is 5.73 Å². The number of nitrogens with two attached hydrogens (primary N) is 1. The van der Waals surface area contributed by atoms with Crippen molar-refractivity contribution >= 4 is 10.8 Å². The summed E-state index contributed by atoms with van der Waals surface area (Å²) in [5.41, 5.74) is 7.75. The summed E-state index contributed by atoms with van der Waals surface area (Å²) in [6.45, 7) is 5.94. The van der Waals surface area contributed by atoms with Crippen molar-refractivity contribution in [2.45, 2.75) is 26.3 Å². The van der Waals surface area contributed by atoms with Crippen molar-refractivity contribution in [3.8, 4) is 11.8 Å². The van der Waals surface area contributed by atoms with Gasteiger partial charge >= 0.3 is 0 Å². The average Bonchev–Trinajstić information content (AvgIpc) is 2.27. The Balaban J connectivity index is 2.63. The number of hydrogen-bond donors (Lipinski definition) is 1. The van der Waals surface area contributed by atoms with Crippen LogP contribution in [-0.4, -0.2) is 5.54 Å². The Hall–Kier alpha value is -1.78. The molecule has 1 heteroatoms. The first-order valence-corrected chi connectivity index (χ1v) is 5.78. The van der Waals surface area contributed by atoms with Gasteiger partial charge in [-0.1, -0.05) is 42.2 Å². The number of benzene rings is 2. The summed E-state index contributed by atoms with van der Waals surface area (Å²) < 4.78 is 0. The topological polar surface area (TPSA) is 26.0 Å². The van der Waals surface area contributed by atoms with Crippen molar-refractivity contribution in [2.24, 2.45) is 5.73 Å². The van der Waals surface area contributed by atoms with E-state index in [1.165, 1.54) is 16.3 Å². The molecule has 0 unspecified atom stereocenters. The van der Waals surface area contributed by atoms with Gasteiger partial charge in [-0.15, -0.1) is 0 Å². The van der Waals surface area contributed by atoms with E-state index < -0.39 is 5.54 Å². The molecule has 1 nitrogen and oxygen atoms in total. The fraction of sp³-hybridized carbons (Fsp3) is 0.250. The lowest BCUT2D eigenvalue weighted by molar-refractivity contribution is 0.680. The lowest BCUT2D eigenvalue weighted by atomic mass is 9.99. The van der Waals surface area contributed by atoms with Crippen LogP contribution < -0.4 is 5.73 Å². The van der Waals surface area contributed by atoms with Crippen LogP contribution in [0, 0.1) is 18.8 Å². The third kappa shape index (κ3) is 2.67. The van der Waals surface area contributed by atoms with Crippen LogP contribution in [0.5, 0.6) is 0 Å². The predicted octanol–water partition coefficient (Wildman–Crippen LogP) is 3.24. The van der Waals surface area contributed by atoms with Gasteiger partial charge in [0, 0.05) is 5.56 Å². The van der Waals surface area contributed by atoms with Crippen molar-refractivity contribution in [1.29, 1.82) is 0 Å². The minimum atomic E-state index is -0.452. The molecule has 0 aromatic heterocycles. The van der Waals surface area contributed by atoms with Crippen molar-refractivity contribution in [1.82, 2.24) is 0 Å². The maximum absolute atomic E-state index is 5.88. The highest BCUT2D eigenvalue weighted by Crippen LogP contribution is 2.21. The zero-order valence-electron chi connectivity index (χ0n) is 10.5. The second-order valence-corrected chi connectivity index (χ2v) is 4.95. The molecule has 2 aromatic carbocycles. The molecule has 2 N–H and O–H groups in total. The number of hydrogen-bond acceptors (Lipinski definition) is 1. The molecule has 2 rings (SSSR count). The molecule has 0 radical (unpaired) electrons. The number of aryl methyl sites for hydroxylation is 1. The molecule has 0 heterocycles. The van der Waals surface area contributed by atoms with Crippen LogP contribution in [0.15, 0.2) is 36.4 Å². The van der Waals surface area contributed by atoms with Gasteiger partial charge in [0.05, 0.1) is 5.54 Å².